The molecule has 2 atom stereocenters. The number of aliphatic hydroxyl groups excluding tert-OH is 1. The molecule has 0 aliphatic carbocycles. The van der Waals surface area contributed by atoms with Gasteiger partial charge in [0, 0.05) is 11.4 Å². The number of fused-ring (bicyclic) bond motifs is 1. The molecular weight excluding hydrogens is 276 g/mol. The first-order chi connectivity index (χ1) is 9.74. The molecule has 3 nitrogen and oxygen atoms in total. The van der Waals surface area contributed by atoms with Gasteiger partial charge < -0.3 is 14.6 Å². The normalized spacial score (nSPS) is 18.6. The van der Waals surface area contributed by atoms with Crippen molar-refractivity contribution < 1.29 is 14.6 Å². The highest BCUT2D eigenvalue weighted by molar-refractivity contribution is 6.31. The first-order valence-corrected chi connectivity index (χ1v) is 6.92. The van der Waals surface area contributed by atoms with E-state index in [1.807, 2.05) is 48.5 Å². The average molecular weight is 291 g/mol. The van der Waals surface area contributed by atoms with Gasteiger partial charge in [-0.05, 0) is 23.8 Å². The number of rotatable bonds is 3. The van der Waals surface area contributed by atoms with Crippen molar-refractivity contribution >= 4 is 11.6 Å². The van der Waals surface area contributed by atoms with Crippen LogP contribution in [-0.2, 0) is 6.42 Å². The van der Waals surface area contributed by atoms with Gasteiger partial charge in [-0.2, -0.15) is 0 Å². The Labute approximate surface area is 122 Å². The van der Waals surface area contributed by atoms with E-state index in [-0.39, 0.29) is 6.10 Å². The number of aliphatic hydroxyl groups is 1. The molecule has 3 rings (SSSR count). The predicted octanol–water partition coefficient (Wildman–Crippen LogP) is 3.08. The summed E-state index contributed by atoms with van der Waals surface area (Å²) in [7, 11) is 0. The van der Waals surface area contributed by atoms with Crippen molar-refractivity contribution in [1.82, 2.24) is 0 Å². The van der Waals surface area contributed by atoms with Gasteiger partial charge in [0.05, 0.1) is 6.10 Å². The number of para-hydroxylation sites is 2. The number of halogens is 1. The molecule has 4 heteroatoms. The molecule has 20 heavy (non-hydrogen) atoms. The molecule has 2 aromatic rings. The molecule has 104 valence electrons. The van der Waals surface area contributed by atoms with Crippen molar-refractivity contribution in [2.24, 2.45) is 0 Å². The first kappa shape index (κ1) is 13.3. The van der Waals surface area contributed by atoms with E-state index in [4.69, 9.17) is 21.1 Å². The summed E-state index contributed by atoms with van der Waals surface area (Å²) in [5, 5.41) is 11.0. The molecule has 1 aliphatic heterocycles. The summed E-state index contributed by atoms with van der Waals surface area (Å²) in [4.78, 5) is 0. The van der Waals surface area contributed by atoms with Crippen LogP contribution in [-0.4, -0.2) is 23.9 Å². The second-order valence-corrected chi connectivity index (χ2v) is 5.18. The zero-order valence-electron chi connectivity index (χ0n) is 10.8. The zero-order chi connectivity index (χ0) is 13.9. The van der Waals surface area contributed by atoms with Crippen LogP contribution < -0.4 is 9.47 Å². The summed E-state index contributed by atoms with van der Waals surface area (Å²) >= 11 is 6.11. The van der Waals surface area contributed by atoms with Crippen LogP contribution in [0.5, 0.6) is 11.5 Å². The van der Waals surface area contributed by atoms with Gasteiger partial charge in [0.2, 0.25) is 0 Å². The average Bonchev–Trinajstić information content (AvgIpc) is 2.49. The second kappa shape index (κ2) is 5.73. The highest BCUT2D eigenvalue weighted by Gasteiger charge is 2.27. The SMILES string of the molecule is OC(Cc1ccccc1Cl)C1COc2ccccc2O1. The summed E-state index contributed by atoms with van der Waals surface area (Å²) < 4.78 is 11.4. The minimum absolute atomic E-state index is 0.336. The highest BCUT2D eigenvalue weighted by Crippen LogP contribution is 2.32. The van der Waals surface area contributed by atoms with E-state index in [1.54, 1.807) is 0 Å². The molecule has 0 radical (unpaired) electrons. The molecule has 0 saturated heterocycles. The zero-order valence-corrected chi connectivity index (χ0v) is 11.6. The van der Waals surface area contributed by atoms with E-state index < -0.39 is 6.10 Å². The van der Waals surface area contributed by atoms with Crippen LogP contribution in [0.1, 0.15) is 5.56 Å². The minimum Gasteiger partial charge on any atom is -0.486 e. The predicted molar refractivity (Wildman–Crippen MR) is 77.5 cm³/mol. The molecule has 0 amide bonds. The molecule has 0 aromatic heterocycles. The van der Waals surface area contributed by atoms with E-state index in [0.717, 1.165) is 5.56 Å². The van der Waals surface area contributed by atoms with Gasteiger partial charge in [-0.15, -0.1) is 0 Å². The maximum Gasteiger partial charge on any atom is 0.161 e. The van der Waals surface area contributed by atoms with E-state index in [2.05, 4.69) is 0 Å². The smallest absolute Gasteiger partial charge is 0.161 e. The fraction of sp³-hybridized carbons (Fsp3) is 0.250. The molecule has 1 heterocycles. The topological polar surface area (TPSA) is 38.7 Å². The quantitative estimate of drug-likeness (QED) is 0.944. The number of benzene rings is 2. The van der Waals surface area contributed by atoms with Crippen molar-refractivity contribution in [2.75, 3.05) is 6.61 Å². The van der Waals surface area contributed by atoms with Crippen molar-refractivity contribution in [1.29, 1.82) is 0 Å². The molecular formula is C16H15ClO3. The van der Waals surface area contributed by atoms with Crippen LogP contribution in [0.4, 0.5) is 0 Å². The van der Waals surface area contributed by atoms with Crippen molar-refractivity contribution in [2.45, 2.75) is 18.6 Å². The van der Waals surface area contributed by atoms with E-state index in [1.165, 1.54) is 0 Å². The molecule has 1 N–H and O–H groups in total. The standard InChI is InChI=1S/C16H15ClO3/c17-12-6-2-1-5-11(12)9-13(18)16-10-19-14-7-3-4-8-15(14)20-16/h1-8,13,16,18H,9-10H2. The van der Waals surface area contributed by atoms with Crippen molar-refractivity contribution in [3.05, 3.63) is 59.1 Å². The summed E-state index contributed by atoms with van der Waals surface area (Å²) in [5.74, 6) is 1.38. The third kappa shape index (κ3) is 2.74. The molecule has 0 saturated carbocycles. The first-order valence-electron chi connectivity index (χ1n) is 6.54. The van der Waals surface area contributed by atoms with Gasteiger partial charge in [-0.25, -0.2) is 0 Å². The lowest BCUT2D eigenvalue weighted by molar-refractivity contribution is -0.00940. The maximum absolute atomic E-state index is 10.3. The van der Waals surface area contributed by atoms with Gasteiger partial charge in [0.15, 0.2) is 17.6 Å². The molecule has 0 spiro atoms. The van der Waals surface area contributed by atoms with Gasteiger partial charge >= 0.3 is 0 Å². The van der Waals surface area contributed by atoms with Crippen molar-refractivity contribution in [3.8, 4) is 11.5 Å². The Balaban J connectivity index is 1.70. The third-order valence-electron chi connectivity index (χ3n) is 3.35. The molecule has 0 fully saturated rings. The highest BCUT2D eigenvalue weighted by atomic mass is 35.5. The van der Waals surface area contributed by atoms with Crippen LogP contribution in [0.3, 0.4) is 0 Å². The lowest BCUT2D eigenvalue weighted by Gasteiger charge is -2.29. The van der Waals surface area contributed by atoms with E-state index in [0.29, 0.717) is 29.5 Å². The molecule has 2 unspecified atom stereocenters. The summed E-state index contributed by atoms with van der Waals surface area (Å²) in [6, 6.07) is 15.0. The van der Waals surface area contributed by atoms with Crippen LogP contribution in [0.15, 0.2) is 48.5 Å². The van der Waals surface area contributed by atoms with Crippen molar-refractivity contribution in [3.63, 3.8) is 0 Å². The van der Waals surface area contributed by atoms with Crippen LogP contribution in [0.2, 0.25) is 5.02 Å². The van der Waals surface area contributed by atoms with Crippen LogP contribution in [0, 0.1) is 0 Å². The van der Waals surface area contributed by atoms with Crippen LogP contribution >= 0.6 is 11.6 Å². The van der Waals surface area contributed by atoms with Gasteiger partial charge in [0.1, 0.15) is 6.61 Å². The minimum atomic E-state index is -0.664. The summed E-state index contributed by atoms with van der Waals surface area (Å²) in [5.41, 5.74) is 0.907. The summed E-state index contributed by atoms with van der Waals surface area (Å²) in [6.07, 6.45) is -0.611. The van der Waals surface area contributed by atoms with Crippen LogP contribution in [0.25, 0.3) is 0 Å². The molecule has 0 bridgehead atoms. The largest absolute Gasteiger partial charge is 0.486 e. The van der Waals surface area contributed by atoms with Gasteiger partial charge in [-0.1, -0.05) is 41.9 Å². The Morgan fingerprint density at radius 3 is 2.60 bits per heavy atom. The third-order valence-corrected chi connectivity index (χ3v) is 3.72. The summed E-state index contributed by atoms with van der Waals surface area (Å²) in [6.45, 7) is 0.336. The maximum atomic E-state index is 10.3. The lowest BCUT2D eigenvalue weighted by Crippen LogP contribution is -2.40. The molecule has 2 aromatic carbocycles. The Hall–Kier alpha value is -1.71. The fourth-order valence-corrected chi connectivity index (χ4v) is 2.46. The fourth-order valence-electron chi connectivity index (χ4n) is 2.25. The van der Waals surface area contributed by atoms with E-state index >= 15 is 0 Å². The lowest BCUT2D eigenvalue weighted by atomic mass is 10.0. The van der Waals surface area contributed by atoms with Gasteiger partial charge in [-0.3, -0.25) is 0 Å². The Morgan fingerprint density at radius 2 is 1.80 bits per heavy atom. The van der Waals surface area contributed by atoms with Gasteiger partial charge in [0.25, 0.3) is 0 Å². The Morgan fingerprint density at radius 1 is 1.10 bits per heavy atom. The second-order valence-electron chi connectivity index (χ2n) is 4.78. The van der Waals surface area contributed by atoms with E-state index in [9.17, 15) is 5.11 Å². The number of ether oxygens (including phenoxy) is 2. The monoisotopic (exact) mass is 290 g/mol. The Kier molecular flexibility index (Phi) is 3.81. The number of hydrogen-bond acceptors (Lipinski definition) is 3. The molecule has 1 aliphatic rings. The number of hydrogen-bond donors (Lipinski definition) is 1. The Bertz CT molecular complexity index is 600.